The highest BCUT2D eigenvalue weighted by Gasteiger charge is 2.28. The lowest BCUT2D eigenvalue weighted by Gasteiger charge is -2.24. The predicted octanol–water partition coefficient (Wildman–Crippen LogP) is 3.94. The number of hydrogen-bond donors (Lipinski definition) is 1. The fourth-order valence-electron chi connectivity index (χ4n) is 2.99. The molecule has 3 rings (SSSR count). The monoisotopic (exact) mass is 296 g/mol. The molecule has 116 valence electrons. The van der Waals surface area contributed by atoms with Gasteiger partial charge in [-0.25, -0.2) is 9.97 Å². The molecule has 1 aromatic carbocycles. The minimum atomic E-state index is 0.421. The fraction of sp³-hybridized carbons (Fsp3) is 0.444. The normalized spacial score (nSPS) is 17.0. The number of rotatable bonds is 4. The molecule has 2 heterocycles. The maximum atomic E-state index is 4.67. The molecule has 22 heavy (non-hydrogen) atoms. The number of aromatic nitrogens is 2. The molecule has 0 spiro atoms. The molecule has 0 aliphatic carbocycles. The van der Waals surface area contributed by atoms with Gasteiger partial charge in [-0.1, -0.05) is 32.0 Å². The molecule has 2 aromatic rings. The maximum absolute atomic E-state index is 4.67. The molecule has 1 atom stereocenters. The van der Waals surface area contributed by atoms with Crippen molar-refractivity contribution in [1.82, 2.24) is 9.97 Å². The molecule has 0 radical (unpaired) electrons. The summed E-state index contributed by atoms with van der Waals surface area (Å²) in [5.41, 5.74) is 2.66. The van der Waals surface area contributed by atoms with E-state index in [0.29, 0.717) is 12.0 Å². The maximum Gasteiger partial charge on any atom is 0.139 e. The summed E-state index contributed by atoms with van der Waals surface area (Å²) in [5, 5.41) is 3.41. The van der Waals surface area contributed by atoms with E-state index in [2.05, 4.69) is 71.3 Å². The third-order valence-electron chi connectivity index (χ3n) is 3.97. The summed E-state index contributed by atoms with van der Waals surface area (Å²) < 4.78 is 0. The van der Waals surface area contributed by atoms with Gasteiger partial charge in [0.2, 0.25) is 0 Å². The number of hydrogen-bond acceptors (Lipinski definition) is 4. The second-order valence-electron chi connectivity index (χ2n) is 6.49. The third-order valence-corrected chi connectivity index (χ3v) is 3.97. The minimum Gasteiger partial charge on any atom is -0.370 e. The summed E-state index contributed by atoms with van der Waals surface area (Å²) in [5.74, 6) is 3.29. The van der Waals surface area contributed by atoms with Crippen molar-refractivity contribution in [3.63, 3.8) is 0 Å². The van der Waals surface area contributed by atoms with Crippen molar-refractivity contribution in [2.45, 2.75) is 40.2 Å². The number of fused-ring (bicyclic) bond motifs is 1. The highest BCUT2D eigenvalue weighted by molar-refractivity contribution is 5.70. The van der Waals surface area contributed by atoms with E-state index in [-0.39, 0.29) is 0 Å². The van der Waals surface area contributed by atoms with E-state index in [1.54, 1.807) is 0 Å². The molecular formula is C18H24N4. The zero-order chi connectivity index (χ0) is 15.7. The van der Waals surface area contributed by atoms with Gasteiger partial charge in [0.15, 0.2) is 0 Å². The third kappa shape index (κ3) is 2.91. The van der Waals surface area contributed by atoms with Crippen LogP contribution in [0, 0.1) is 12.8 Å². The van der Waals surface area contributed by atoms with Crippen molar-refractivity contribution in [3.8, 4) is 0 Å². The Bertz CT molecular complexity index is 666. The molecule has 1 aliphatic heterocycles. The van der Waals surface area contributed by atoms with Crippen molar-refractivity contribution in [2.24, 2.45) is 5.92 Å². The van der Waals surface area contributed by atoms with Gasteiger partial charge < -0.3 is 10.2 Å². The Kier molecular flexibility index (Phi) is 4.01. The first kappa shape index (κ1) is 14.8. The van der Waals surface area contributed by atoms with Gasteiger partial charge in [-0.3, -0.25) is 0 Å². The van der Waals surface area contributed by atoms with E-state index >= 15 is 0 Å². The Morgan fingerprint density at radius 1 is 1.27 bits per heavy atom. The van der Waals surface area contributed by atoms with Crippen molar-refractivity contribution in [2.75, 3.05) is 16.8 Å². The lowest BCUT2D eigenvalue weighted by atomic mass is 10.1. The van der Waals surface area contributed by atoms with E-state index < -0.39 is 0 Å². The molecule has 1 aromatic heterocycles. The van der Waals surface area contributed by atoms with Crippen LogP contribution in [0.2, 0.25) is 0 Å². The quantitative estimate of drug-likeness (QED) is 0.928. The molecule has 0 fully saturated rings. The Balaban J connectivity index is 1.94. The smallest absolute Gasteiger partial charge is 0.139 e. The number of para-hydroxylation sites is 1. The highest BCUT2D eigenvalue weighted by atomic mass is 15.2. The highest BCUT2D eigenvalue weighted by Crippen LogP contribution is 2.37. The Labute approximate surface area is 132 Å². The largest absolute Gasteiger partial charge is 0.370 e. The summed E-state index contributed by atoms with van der Waals surface area (Å²) in [6, 6.07) is 11.1. The van der Waals surface area contributed by atoms with Gasteiger partial charge in [0.05, 0.1) is 0 Å². The van der Waals surface area contributed by atoms with Crippen LogP contribution in [0.3, 0.4) is 0 Å². The van der Waals surface area contributed by atoms with Gasteiger partial charge in [-0.2, -0.15) is 0 Å². The average molecular weight is 296 g/mol. The summed E-state index contributed by atoms with van der Waals surface area (Å²) >= 11 is 0. The fourth-order valence-corrected chi connectivity index (χ4v) is 2.99. The van der Waals surface area contributed by atoms with Crippen LogP contribution in [0.25, 0.3) is 0 Å². The lowest BCUT2D eigenvalue weighted by Crippen LogP contribution is -2.25. The standard InChI is InChI=1S/C18H24N4/c1-12(2)11-19-17-10-18(21-14(4)20-17)22-13(3)9-15-7-5-6-8-16(15)22/h5-8,10,12-13H,9,11H2,1-4H3,(H,19,20,21). The van der Waals surface area contributed by atoms with Crippen molar-refractivity contribution in [1.29, 1.82) is 0 Å². The zero-order valence-corrected chi connectivity index (χ0v) is 13.8. The van der Waals surface area contributed by atoms with Crippen molar-refractivity contribution in [3.05, 3.63) is 41.7 Å². The molecule has 1 unspecified atom stereocenters. The summed E-state index contributed by atoms with van der Waals surface area (Å²) in [6.07, 6.45) is 1.06. The first-order valence-electron chi connectivity index (χ1n) is 8.01. The number of aryl methyl sites for hydroxylation is 1. The summed E-state index contributed by atoms with van der Waals surface area (Å²) in [4.78, 5) is 11.5. The molecule has 0 saturated carbocycles. The Morgan fingerprint density at radius 2 is 2.05 bits per heavy atom. The average Bonchev–Trinajstić information content (AvgIpc) is 2.80. The molecule has 1 aliphatic rings. The van der Waals surface area contributed by atoms with E-state index in [4.69, 9.17) is 0 Å². The summed E-state index contributed by atoms with van der Waals surface area (Å²) in [7, 11) is 0. The molecule has 0 saturated heterocycles. The van der Waals surface area contributed by atoms with Gasteiger partial charge in [0.1, 0.15) is 17.5 Å². The first-order chi connectivity index (χ1) is 10.5. The predicted molar refractivity (Wildman–Crippen MR) is 91.8 cm³/mol. The van der Waals surface area contributed by atoms with Crippen LogP contribution < -0.4 is 10.2 Å². The van der Waals surface area contributed by atoms with Crippen LogP contribution in [0.5, 0.6) is 0 Å². The topological polar surface area (TPSA) is 41.1 Å². The van der Waals surface area contributed by atoms with Gasteiger partial charge in [-0.05, 0) is 37.8 Å². The van der Waals surface area contributed by atoms with Crippen LogP contribution >= 0.6 is 0 Å². The Morgan fingerprint density at radius 3 is 2.82 bits per heavy atom. The van der Waals surface area contributed by atoms with Crippen LogP contribution in [-0.2, 0) is 6.42 Å². The molecule has 1 N–H and O–H groups in total. The van der Waals surface area contributed by atoms with Crippen LogP contribution in [0.4, 0.5) is 17.3 Å². The van der Waals surface area contributed by atoms with Crippen LogP contribution in [0.15, 0.2) is 30.3 Å². The number of nitrogens with zero attached hydrogens (tertiary/aromatic N) is 3. The molecule has 0 bridgehead atoms. The van der Waals surface area contributed by atoms with Crippen molar-refractivity contribution < 1.29 is 0 Å². The number of benzene rings is 1. The van der Waals surface area contributed by atoms with Crippen LogP contribution in [0.1, 0.15) is 32.2 Å². The molecular weight excluding hydrogens is 272 g/mol. The van der Waals surface area contributed by atoms with E-state index in [1.807, 2.05) is 6.92 Å². The van der Waals surface area contributed by atoms with E-state index in [1.165, 1.54) is 11.3 Å². The molecule has 4 nitrogen and oxygen atoms in total. The van der Waals surface area contributed by atoms with E-state index in [0.717, 1.165) is 30.4 Å². The van der Waals surface area contributed by atoms with Crippen LogP contribution in [-0.4, -0.2) is 22.6 Å². The SMILES string of the molecule is Cc1nc(NCC(C)C)cc(N2c3ccccc3CC2C)n1. The van der Waals surface area contributed by atoms with Gasteiger partial charge in [0, 0.05) is 24.3 Å². The molecule has 0 amide bonds. The lowest BCUT2D eigenvalue weighted by molar-refractivity contribution is 0.686. The van der Waals surface area contributed by atoms with Crippen molar-refractivity contribution >= 4 is 17.3 Å². The van der Waals surface area contributed by atoms with E-state index in [9.17, 15) is 0 Å². The number of nitrogens with one attached hydrogen (secondary N) is 1. The van der Waals surface area contributed by atoms with Gasteiger partial charge in [-0.15, -0.1) is 0 Å². The van der Waals surface area contributed by atoms with Gasteiger partial charge >= 0.3 is 0 Å². The Hall–Kier alpha value is -2.10. The first-order valence-corrected chi connectivity index (χ1v) is 8.01. The van der Waals surface area contributed by atoms with Gasteiger partial charge in [0.25, 0.3) is 0 Å². The second kappa shape index (κ2) is 5.95. The minimum absolute atomic E-state index is 0.421. The second-order valence-corrected chi connectivity index (χ2v) is 6.49. The molecule has 4 heteroatoms. The number of anilines is 3. The zero-order valence-electron chi connectivity index (χ0n) is 13.8. The summed E-state index contributed by atoms with van der Waals surface area (Å²) in [6.45, 7) is 9.51.